The van der Waals surface area contributed by atoms with E-state index in [0.717, 1.165) is 13.1 Å². The molecule has 0 bridgehead atoms. The number of carbonyl (C=O) groups is 1. The second kappa shape index (κ2) is 10.9. The van der Waals surface area contributed by atoms with Crippen molar-refractivity contribution in [1.29, 1.82) is 0 Å². The maximum atomic E-state index is 12.1. The summed E-state index contributed by atoms with van der Waals surface area (Å²) in [5.74, 6) is 0.581. The molecule has 1 fully saturated rings. The highest BCUT2D eigenvalue weighted by molar-refractivity contribution is 5.94. The molecule has 1 aromatic rings. The minimum atomic E-state index is -0.0288. The second-order valence-electron chi connectivity index (χ2n) is 6.57. The fourth-order valence-corrected chi connectivity index (χ4v) is 2.66. The average Bonchev–Trinajstić information content (AvgIpc) is 3.35. The highest BCUT2D eigenvalue weighted by atomic mass is 35.5. The van der Waals surface area contributed by atoms with Crippen molar-refractivity contribution in [3.63, 3.8) is 0 Å². The monoisotopic (exact) mass is 375 g/mol. The fraction of sp³-hybridized carbons (Fsp3) is 0.611. The van der Waals surface area contributed by atoms with E-state index in [1.165, 1.54) is 18.4 Å². The van der Waals surface area contributed by atoms with E-state index in [0.29, 0.717) is 24.1 Å². The van der Waals surface area contributed by atoms with Gasteiger partial charge in [-0.15, -0.1) is 24.8 Å². The Kier molecular flexibility index (Phi) is 10.6. The van der Waals surface area contributed by atoms with Crippen LogP contribution in [0.3, 0.4) is 0 Å². The fourth-order valence-electron chi connectivity index (χ4n) is 2.66. The van der Waals surface area contributed by atoms with Crippen molar-refractivity contribution in [2.24, 2.45) is 11.7 Å². The topological polar surface area (TPSA) is 58.4 Å². The van der Waals surface area contributed by atoms with Crippen LogP contribution in [0.2, 0.25) is 0 Å². The Labute approximate surface area is 158 Å². The molecule has 1 atom stereocenters. The number of benzene rings is 1. The van der Waals surface area contributed by atoms with Gasteiger partial charge in [0.2, 0.25) is 0 Å². The number of hydrogen-bond donors (Lipinski definition) is 2. The first kappa shape index (κ1) is 23.2. The summed E-state index contributed by atoms with van der Waals surface area (Å²) in [5, 5.41) is 2.94. The number of amides is 1. The summed E-state index contributed by atoms with van der Waals surface area (Å²) < 4.78 is 0. The van der Waals surface area contributed by atoms with E-state index in [4.69, 9.17) is 5.73 Å². The molecule has 4 nitrogen and oxygen atoms in total. The van der Waals surface area contributed by atoms with Crippen LogP contribution in [0.1, 0.15) is 49.5 Å². The molecule has 0 heterocycles. The van der Waals surface area contributed by atoms with E-state index in [1.54, 1.807) is 0 Å². The third kappa shape index (κ3) is 6.98. The second-order valence-corrected chi connectivity index (χ2v) is 6.57. The number of halogens is 2. The number of rotatable bonds is 8. The Morgan fingerprint density at radius 3 is 2.29 bits per heavy atom. The van der Waals surface area contributed by atoms with Gasteiger partial charge in [-0.1, -0.05) is 19.1 Å². The average molecular weight is 376 g/mol. The van der Waals surface area contributed by atoms with Gasteiger partial charge in [-0.3, -0.25) is 9.69 Å². The summed E-state index contributed by atoms with van der Waals surface area (Å²) in [6.45, 7) is 9.09. The summed E-state index contributed by atoms with van der Waals surface area (Å²) in [6, 6.07) is 8.52. The van der Waals surface area contributed by atoms with E-state index in [1.807, 2.05) is 24.3 Å². The van der Waals surface area contributed by atoms with Crippen molar-refractivity contribution < 1.29 is 4.79 Å². The smallest absolute Gasteiger partial charge is 0.251 e. The molecule has 138 valence electrons. The van der Waals surface area contributed by atoms with E-state index in [2.05, 4.69) is 31.0 Å². The zero-order valence-electron chi connectivity index (χ0n) is 14.8. The zero-order chi connectivity index (χ0) is 16.1. The summed E-state index contributed by atoms with van der Waals surface area (Å²) >= 11 is 0. The molecule has 6 heteroatoms. The largest absolute Gasteiger partial charge is 0.350 e. The molecule has 0 spiro atoms. The molecule has 1 unspecified atom stereocenters. The van der Waals surface area contributed by atoms with Crippen molar-refractivity contribution in [3.05, 3.63) is 35.4 Å². The first-order valence-electron chi connectivity index (χ1n) is 8.38. The molecule has 0 radical (unpaired) electrons. The summed E-state index contributed by atoms with van der Waals surface area (Å²) in [7, 11) is 0. The Hall–Kier alpha value is -0.810. The molecule has 1 aliphatic rings. The maximum absolute atomic E-state index is 12.1. The van der Waals surface area contributed by atoms with Gasteiger partial charge in [-0.25, -0.2) is 0 Å². The van der Waals surface area contributed by atoms with Crippen LogP contribution in [0.15, 0.2) is 24.3 Å². The highest BCUT2D eigenvalue weighted by Crippen LogP contribution is 2.31. The van der Waals surface area contributed by atoms with Crippen LogP contribution in [0.4, 0.5) is 0 Å². The van der Waals surface area contributed by atoms with Crippen LogP contribution in [0, 0.1) is 5.92 Å². The molecular weight excluding hydrogens is 345 g/mol. The Balaban J connectivity index is 0.00000264. The van der Waals surface area contributed by atoms with Gasteiger partial charge in [-0.05, 0) is 56.8 Å². The SMILES string of the molecule is CCN(Cc1ccc(C(=O)NCC(N)C2CC2)cc1)C(C)C.Cl.Cl. The van der Waals surface area contributed by atoms with Crippen molar-refractivity contribution in [2.75, 3.05) is 13.1 Å². The maximum Gasteiger partial charge on any atom is 0.251 e. The van der Waals surface area contributed by atoms with Gasteiger partial charge in [0.15, 0.2) is 0 Å². The van der Waals surface area contributed by atoms with Crippen LogP contribution in [-0.4, -0.2) is 36.0 Å². The minimum absolute atomic E-state index is 0. The van der Waals surface area contributed by atoms with E-state index < -0.39 is 0 Å². The van der Waals surface area contributed by atoms with Gasteiger partial charge in [-0.2, -0.15) is 0 Å². The molecule has 1 aliphatic carbocycles. The van der Waals surface area contributed by atoms with Gasteiger partial charge >= 0.3 is 0 Å². The zero-order valence-corrected chi connectivity index (χ0v) is 16.5. The highest BCUT2D eigenvalue weighted by Gasteiger charge is 2.28. The van der Waals surface area contributed by atoms with Crippen molar-refractivity contribution in [1.82, 2.24) is 10.2 Å². The van der Waals surface area contributed by atoms with Crippen LogP contribution >= 0.6 is 24.8 Å². The number of hydrogen-bond acceptors (Lipinski definition) is 3. The van der Waals surface area contributed by atoms with Crippen molar-refractivity contribution in [3.8, 4) is 0 Å². The Bertz CT molecular complexity index is 490. The number of nitrogens with one attached hydrogen (secondary N) is 1. The summed E-state index contributed by atoms with van der Waals surface area (Å²) in [4.78, 5) is 14.5. The van der Waals surface area contributed by atoms with E-state index >= 15 is 0 Å². The Morgan fingerprint density at radius 1 is 1.25 bits per heavy atom. The van der Waals surface area contributed by atoms with Gasteiger partial charge in [0.1, 0.15) is 0 Å². The molecule has 0 aromatic heterocycles. The van der Waals surface area contributed by atoms with E-state index in [-0.39, 0.29) is 36.8 Å². The van der Waals surface area contributed by atoms with Crippen molar-refractivity contribution in [2.45, 2.75) is 52.2 Å². The normalized spacial score (nSPS) is 14.8. The van der Waals surface area contributed by atoms with Gasteiger partial charge in [0.25, 0.3) is 5.91 Å². The molecule has 1 saturated carbocycles. The van der Waals surface area contributed by atoms with E-state index in [9.17, 15) is 4.79 Å². The number of nitrogens with zero attached hydrogens (tertiary/aromatic N) is 1. The first-order valence-corrected chi connectivity index (χ1v) is 8.38. The lowest BCUT2D eigenvalue weighted by atomic mass is 10.1. The van der Waals surface area contributed by atoms with Gasteiger partial charge in [0, 0.05) is 30.7 Å². The van der Waals surface area contributed by atoms with Crippen LogP contribution in [0.5, 0.6) is 0 Å². The minimum Gasteiger partial charge on any atom is -0.350 e. The third-order valence-corrected chi connectivity index (χ3v) is 4.46. The van der Waals surface area contributed by atoms with Crippen LogP contribution in [-0.2, 0) is 6.54 Å². The van der Waals surface area contributed by atoms with Crippen LogP contribution < -0.4 is 11.1 Å². The molecule has 0 saturated heterocycles. The molecule has 1 aromatic carbocycles. The quantitative estimate of drug-likeness (QED) is 0.732. The number of nitrogens with two attached hydrogens (primary N) is 1. The molecule has 0 aliphatic heterocycles. The predicted octanol–water partition coefficient (Wildman–Crippen LogP) is 3.23. The molecule has 1 amide bonds. The summed E-state index contributed by atoms with van der Waals surface area (Å²) in [5.41, 5.74) is 7.95. The van der Waals surface area contributed by atoms with Gasteiger partial charge < -0.3 is 11.1 Å². The third-order valence-electron chi connectivity index (χ3n) is 4.46. The van der Waals surface area contributed by atoms with Crippen molar-refractivity contribution >= 4 is 30.7 Å². The standard InChI is InChI=1S/C18H29N3O.2ClH/c1-4-21(13(2)3)12-14-5-7-16(8-6-14)18(22)20-11-17(19)15-9-10-15;;/h5-8,13,15,17H,4,9-12,19H2,1-3H3,(H,20,22);2*1H. The van der Waals surface area contributed by atoms with Crippen LogP contribution in [0.25, 0.3) is 0 Å². The lowest BCUT2D eigenvalue weighted by Crippen LogP contribution is -2.38. The molecule has 2 rings (SSSR count). The number of carbonyl (C=O) groups excluding carboxylic acids is 1. The molecule has 24 heavy (non-hydrogen) atoms. The van der Waals surface area contributed by atoms with Gasteiger partial charge in [0.05, 0.1) is 0 Å². The lowest BCUT2D eigenvalue weighted by molar-refractivity contribution is 0.0950. The first-order chi connectivity index (χ1) is 10.5. The molecular formula is C18H31Cl2N3O. The predicted molar refractivity (Wildman–Crippen MR) is 105 cm³/mol. The lowest BCUT2D eigenvalue weighted by Gasteiger charge is -2.24. The summed E-state index contributed by atoms with van der Waals surface area (Å²) in [6.07, 6.45) is 2.41. The molecule has 3 N–H and O–H groups in total. The Morgan fingerprint density at radius 2 is 1.83 bits per heavy atom.